The van der Waals surface area contributed by atoms with Crippen LogP contribution in [0.1, 0.15) is 24.5 Å². The number of nitrogens with one attached hydrogen (secondary N) is 1. The Morgan fingerprint density at radius 2 is 2.20 bits per heavy atom. The van der Waals surface area contributed by atoms with E-state index in [2.05, 4.69) is 20.2 Å². The molecule has 1 aliphatic heterocycles. The van der Waals surface area contributed by atoms with Gasteiger partial charge in [0.15, 0.2) is 5.75 Å². The predicted octanol–water partition coefficient (Wildman–Crippen LogP) is 1.75. The second-order valence-corrected chi connectivity index (χ2v) is 6.01. The van der Waals surface area contributed by atoms with Gasteiger partial charge in [0.25, 0.3) is 0 Å². The van der Waals surface area contributed by atoms with E-state index in [1.165, 1.54) is 11.1 Å². The van der Waals surface area contributed by atoms with Crippen LogP contribution in [0.2, 0.25) is 5.28 Å². The van der Waals surface area contributed by atoms with Gasteiger partial charge in [0.2, 0.25) is 5.28 Å². The fraction of sp³-hybridized carbons (Fsp3) is 0.467. The fourth-order valence-electron chi connectivity index (χ4n) is 2.84. The first-order valence-corrected chi connectivity index (χ1v) is 8.26. The van der Waals surface area contributed by atoms with E-state index < -0.39 is 6.09 Å². The lowest BCUT2D eigenvalue weighted by molar-refractivity contribution is 0.131. The average molecular weight is 368 g/mol. The number of halogens is 1. The summed E-state index contributed by atoms with van der Waals surface area (Å²) < 4.78 is 5.43. The van der Waals surface area contributed by atoms with Crippen LogP contribution in [0.15, 0.2) is 12.3 Å². The zero-order valence-electron chi connectivity index (χ0n) is 13.4. The summed E-state index contributed by atoms with van der Waals surface area (Å²) >= 11 is 5.88. The Morgan fingerprint density at radius 3 is 2.88 bits per heavy atom. The molecule has 0 aromatic carbocycles. The van der Waals surface area contributed by atoms with Crippen LogP contribution in [-0.2, 0) is 0 Å². The van der Waals surface area contributed by atoms with Gasteiger partial charge in [-0.2, -0.15) is 5.10 Å². The first kappa shape index (κ1) is 17.4. The Labute approximate surface area is 148 Å². The average Bonchev–Trinajstić information content (AvgIpc) is 3.10. The molecule has 0 atom stereocenters. The highest BCUT2D eigenvalue weighted by Crippen LogP contribution is 2.32. The van der Waals surface area contributed by atoms with Crippen molar-refractivity contribution < 1.29 is 19.7 Å². The molecule has 1 saturated heterocycles. The summed E-state index contributed by atoms with van der Waals surface area (Å²) in [6, 6.07) is 1.87. The van der Waals surface area contributed by atoms with Crippen LogP contribution in [0.25, 0.3) is 11.4 Å². The van der Waals surface area contributed by atoms with Crippen molar-refractivity contribution in [3.63, 3.8) is 0 Å². The quantitative estimate of drug-likeness (QED) is 0.687. The number of hydrogen-bond donors (Lipinski definition) is 3. The molecule has 3 heterocycles. The van der Waals surface area contributed by atoms with Crippen LogP contribution in [0, 0.1) is 0 Å². The number of H-pyrrole nitrogens is 1. The van der Waals surface area contributed by atoms with E-state index >= 15 is 0 Å². The molecule has 0 unspecified atom stereocenters. The third kappa shape index (κ3) is 3.99. The fourth-order valence-corrected chi connectivity index (χ4v) is 2.98. The Kier molecular flexibility index (Phi) is 5.34. The lowest BCUT2D eigenvalue weighted by Gasteiger charge is -2.29. The number of ether oxygens (including phenoxy) is 1. The van der Waals surface area contributed by atoms with Gasteiger partial charge in [-0.1, -0.05) is 0 Å². The number of aliphatic hydroxyl groups is 1. The van der Waals surface area contributed by atoms with Crippen LogP contribution in [0.4, 0.5) is 4.79 Å². The number of amides is 1. The second kappa shape index (κ2) is 7.66. The standard InChI is InChI=1S/C15H18ClN5O4/c16-14-17-8-12(25-6-5-22)13(18-14)11-7-10(19-20-11)9-1-3-21(4-2-9)15(23)24/h7-9,22H,1-6H2,(H,19,20)(H,23,24). The van der Waals surface area contributed by atoms with Gasteiger partial charge in [-0.15, -0.1) is 0 Å². The molecule has 1 fully saturated rings. The summed E-state index contributed by atoms with van der Waals surface area (Å²) in [5.74, 6) is 0.591. The van der Waals surface area contributed by atoms with Gasteiger partial charge in [0.05, 0.1) is 12.8 Å². The van der Waals surface area contributed by atoms with E-state index in [1.807, 2.05) is 6.07 Å². The first-order valence-electron chi connectivity index (χ1n) is 7.88. The zero-order valence-corrected chi connectivity index (χ0v) is 14.1. The molecular formula is C15H18ClN5O4. The zero-order chi connectivity index (χ0) is 17.8. The molecule has 25 heavy (non-hydrogen) atoms. The Balaban J connectivity index is 1.78. The lowest BCUT2D eigenvalue weighted by Crippen LogP contribution is -2.36. The first-order chi connectivity index (χ1) is 12.1. The van der Waals surface area contributed by atoms with Crippen molar-refractivity contribution in [2.45, 2.75) is 18.8 Å². The highest BCUT2D eigenvalue weighted by Gasteiger charge is 2.25. The molecular weight excluding hydrogens is 350 g/mol. The molecule has 0 aliphatic carbocycles. The third-order valence-electron chi connectivity index (χ3n) is 4.12. The second-order valence-electron chi connectivity index (χ2n) is 5.68. The van der Waals surface area contributed by atoms with Crippen molar-refractivity contribution in [3.05, 3.63) is 23.2 Å². The van der Waals surface area contributed by atoms with Crippen molar-refractivity contribution in [3.8, 4) is 17.1 Å². The Bertz CT molecular complexity index is 745. The van der Waals surface area contributed by atoms with E-state index in [9.17, 15) is 4.79 Å². The van der Waals surface area contributed by atoms with Gasteiger partial charge < -0.3 is 19.8 Å². The van der Waals surface area contributed by atoms with Crippen LogP contribution in [-0.4, -0.2) is 67.7 Å². The number of rotatable bonds is 5. The summed E-state index contributed by atoms with van der Waals surface area (Å²) in [5.41, 5.74) is 1.93. The normalized spacial score (nSPS) is 15.4. The van der Waals surface area contributed by atoms with Gasteiger partial charge in [0.1, 0.15) is 18.0 Å². The van der Waals surface area contributed by atoms with Crippen LogP contribution in [0.3, 0.4) is 0 Å². The smallest absolute Gasteiger partial charge is 0.407 e. The minimum Gasteiger partial charge on any atom is -0.487 e. The number of hydrogen-bond acceptors (Lipinski definition) is 6. The summed E-state index contributed by atoms with van der Waals surface area (Å²) in [6.07, 6.45) is 2.02. The van der Waals surface area contributed by atoms with E-state index in [1.54, 1.807) is 0 Å². The van der Waals surface area contributed by atoms with Crippen molar-refractivity contribution in [2.24, 2.45) is 0 Å². The number of nitrogens with zero attached hydrogens (tertiary/aromatic N) is 4. The highest BCUT2D eigenvalue weighted by atomic mass is 35.5. The number of aromatic nitrogens is 4. The summed E-state index contributed by atoms with van der Waals surface area (Å²) in [4.78, 5) is 20.5. The number of carbonyl (C=O) groups is 1. The number of aromatic amines is 1. The van der Waals surface area contributed by atoms with Crippen LogP contribution >= 0.6 is 11.6 Å². The summed E-state index contributed by atoms with van der Waals surface area (Å²) in [7, 11) is 0. The van der Waals surface area contributed by atoms with Gasteiger partial charge in [-0.25, -0.2) is 14.8 Å². The van der Waals surface area contributed by atoms with Gasteiger partial charge in [0, 0.05) is 24.7 Å². The minimum atomic E-state index is -0.884. The minimum absolute atomic E-state index is 0.0747. The molecule has 134 valence electrons. The van der Waals surface area contributed by atoms with Gasteiger partial charge in [-0.3, -0.25) is 5.10 Å². The maximum Gasteiger partial charge on any atom is 0.407 e. The number of piperidine rings is 1. The molecule has 9 nitrogen and oxygen atoms in total. The third-order valence-corrected chi connectivity index (χ3v) is 4.30. The summed E-state index contributed by atoms with van der Waals surface area (Å²) in [5, 5.41) is 25.3. The van der Waals surface area contributed by atoms with E-state index in [0.29, 0.717) is 30.2 Å². The number of likely N-dealkylation sites (tertiary alicyclic amines) is 1. The molecule has 2 aromatic heterocycles. The largest absolute Gasteiger partial charge is 0.487 e. The molecule has 0 saturated carbocycles. The molecule has 10 heteroatoms. The Hall–Kier alpha value is -2.39. The van der Waals surface area contributed by atoms with Crippen molar-refractivity contribution in [1.82, 2.24) is 25.1 Å². The molecule has 0 radical (unpaired) electrons. The van der Waals surface area contributed by atoms with E-state index in [-0.39, 0.29) is 24.4 Å². The molecule has 1 amide bonds. The van der Waals surface area contributed by atoms with Crippen molar-refractivity contribution >= 4 is 17.7 Å². The topological polar surface area (TPSA) is 124 Å². The Morgan fingerprint density at radius 1 is 1.44 bits per heavy atom. The van der Waals surface area contributed by atoms with Crippen LogP contribution < -0.4 is 4.74 Å². The number of aliphatic hydroxyl groups excluding tert-OH is 1. The highest BCUT2D eigenvalue weighted by molar-refractivity contribution is 6.28. The maximum absolute atomic E-state index is 11.0. The van der Waals surface area contributed by atoms with Crippen LogP contribution in [0.5, 0.6) is 5.75 Å². The molecule has 1 aliphatic rings. The van der Waals surface area contributed by atoms with Crippen molar-refractivity contribution in [1.29, 1.82) is 0 Å². The molecule has 3 N–H and O–H groups in total. The van der Waals surface area contributed by atoms with Gasteiger partial charge >= 0.3 is 6.09 Å². The predicted molar refractivity (Wildman–Crippen MR) is 88.8 cm³/mol. The van der Waals surface area contributed by atoms with Crippen molar-refractivity contribution in [2.75, 3.05) is 26.3 Å². The van der Waals surface area contributed by atoms with Gasteiger partial charge in [-0.05, 0) is 30.5 Å². The lowest BCUT2D eigenvalue weighted by atomic mass is 9.93. The summed E-state index contributed by atoms with van der Waals surface area (Å²) in [6.45, 7) is 0.982. The molecule has 3 rings (SSSR count). The van der Waals surface area contributed by atoms with E-state index in [0.717, 1.165) is 18.5 Å². The molecule has 0 spiro atoms. The van der Waals surface area contributed by atoms with E-state index in [4.69, 9.17) is 26.6 Å². The SMILES string of the molecule is O=C(O)N1CCC(c2cc(-c3nc(Cl)ncc3OCCO)n[nH]2)CC1. The monoisotopic (exact) mass is 367 g/mol. The maximum atomic E-state index is 11.0. The molecule has 2 aromatic rings. The molecule has 0 bridgehead atoms. The number of carboxylic acid groups (broad SMARTS) is 1.